The molecule has 1 spiro atoms. The van der Waals surface area contributed by atoms with Crippen LogP contribution in [0.3, 0.4) is 0 Å². The van der Waals surface area contributed by atoms with Gasteiger partial charge in [0.2, 0.25) is 0 Å². The molecule has 100 valence electrons. The van der Waals surface area contributed by atoms with Crippen LogP contribution in [0.25, 0.3) is 0 Å². The largest absolute Gasteiger partial charge is 0.393 e. The van der Waals surface area contributed by atoms with Crippen molar-refractivity contribution in [2.24, 2.45) is 0 Å². The Morgan fingerprint density at radius 1 is 1.18 bits per heavy atom. The number of ether oxygens (including phenoxy) is 1. The molecule has 2 atom stereocenters. The second-order valence-electron chi connectivity index (χ2n) is 6.04. The van der Waals surface area contributed by atoms with Crippen LogP contribution >= 0.6 is 0 Å². The minimum absolute atomic E-state index is 0.105. The Hall–Kier alpha value is -0.0800. The zero-order chi connectivity index (χ0) is 12.1. The maximum Gasteiger partial charge on any atom is 0.0687 e. The lowest BCUT2D eigenvalue weighted by Gasteiger charge is -2.33. The van der Waals surface area contributed by atoms with Crippen molar-refractivity contribution in [3.8, 4) is 0 Å². The molecule has 0 aromatic rings. The number of hydrogen-bond donors (Lipinski definition) is 1. The summed E-state index contributed by atoms with van der Waals surface area (Å²) in [7, 11) is 0. The van der Waals surface area contributed by atoms with Crippen LogP contribution in [0.4, 0.5) is 0 Å². The smallest absolute Gasteiger partial charge is 0.0687 e. The first-order chi connectivity index (χ1) is 8.24. The molecule has 2 heteroatoms. The molecule has 1 saturated heterocycles. The van der Waals surface area contributed by atoms with Gasteiger partial charge in [0, 0.05) is 0 Å². The normalized spacial score (nSPS) is 29.6. The zero-order valence-electron chi connectivity index (χ0n) is 11.3. The summed E-state index contributed by atoms with van der Waals surface area (Å²) in [6.07, 6.45) is 13.5. The molecule has 2 unspecified atom stereocenters. The van der Waals surface area contributed by atoms with Crippen molar-refractivity contribution in [1.29, 1.82) is 0 Å². The summed E-state index contributed by atoms with van der Waals surface area (Å²) in [5.41, 5.74) is 0.249. The maximum absolute atomic E-state index is 9.76. The van der Waals surface area contributed by atoms with Crippen LogP contribution in [0.1, 0.15) is 77.6 Å². The topological polar surface area (TPSA) is 29.5 Å². The SMILES string of the molecule is CCCC(O)CCC1CCC2(CCCCC2)O1. The molecule has 2 fully saturated rings. The fourth-order valence-electron chi connectivity index (χ4n) is 3.52. The average Bonchev–Trinajstić information content (AvgIpc) is 2.71. The highest BCUT2D eigenvalue weighted by atomic mass is 16.5. The van der Waals surface area contributed by atoms with Crippen LogP contribution in [0.15, 0.2) is 0 Å². The molecule has 1 aliphatic carbocycles. The first-order valence-electron chi connectivity index (χ1n) is 7.60. The molecule has 2 aliphatic rings. The molecular formula is C15H28O2. The minimum atomic E-state index is -0.105. The first kappa shape index (κ1) is 13.4. The summed E-state index contributed by atoms with van der Waals surface area (Å²) in [6, 6.07) is 0. The van der Waals surface area contributed by atoms with Crippen LogP contribution in [0.2, 0.25) is 0 Å². The molecule has 1 N–H and O–H groups in total. The molecule has 0 amide bonds. The Balaban J connectivity index is 1.70. The Kier molecular flexibility index (Phi) is 4.87. The summed E-state index contributed by atoms with van der Waals surface area (Å²) >= 11 is 0. The first-order valence-corrected chi connectivity index (χ1v) is 7.60. The van der Waals surface area contributed by atoms with Gasteiger partial charge in [-0.05, 0) is 44.9 Å². The molecule has 2 rings (SSSR count). The number of hydrogen-bond acceptors (Lipinski definition) is 2. The third kappa shape index (κ3) is 3.69. The van der Waals surface area contributed by atoms with Gasteiger partial charge in [0.15, 0.2) is 0 Å². The lowest BCUT2D eigenvalue weighted by molar-refractivity contribution is -0.0685. The van der Waals surface area contributed by atoms with Gasteiger partial charge in [0.05, 0.1) is 17.8 Å². The van der Waals surface area contributed by atoms with E-state index in [-0.39, 0.29) is 11.7 Å². The minimum Gasteiger partial charge on any atom is -0.393 e. The summed E-state index contributed by atoms with van der Waals surface area (Å²) in [5.74, 6) is 0. The van der Waals surface area contributed by atoms with Crippen LogP contribution < -0.4 is 0 Å². The van der Waals surface area contributed by atoms with Gasteiger partial charge in [-0.25, -0.2) is 0 Å². The quantitative estimate of drug-likeness (QED) is 0.792. The summed E-state index contributed by atoms with van der Waals surface area (Å²) in [5, 5.41) is 9.76. The van der Waals surface area contributed by atoms with Crippen LogP contribution in [0, 0.1) is 0 Å². The van der Waals surface area contributed by atoms with E-state index in [1.807, 2.05) is 0 Å². The van der Waals surface area contributed by atoms with Gasteiger partial charge in [0.25, 0.3) is 0 Å². The standard InChI is InChI=1S/C15H28O2/c1-2-6-13(16)7-8-14-9-12-15(17-14)10-4-3-5-11-15/h13-14,16H,2-12H2,1H3. The molecule has 0 bridgehead atoms. The highest BCUT2D eigenvalue weighted by molar-refractivity contribution is 4.91. The van der Waals surface area contributed by atoms with Gasteiger partial charge in [-0.15, -0.1) is 0 Å². The van der Waals surface area contributed by atoms with E-state index in [1.165, 1.54) is 44.9 Å². The number of aliphatic hydroxyl groups excluding tert-OH is 1. The monoisotopic (exact) mass is 240 g/mol. The van der Waals surface area contributed by atoms with E-state index in [0.717, 1.165) is 25.7 Å². The Morgan fingerprint density at radius 3 is 2.65 bits per heavy atom. The van der Waals surface area contributed by atoms with E-state index >= 15 is 0 Å². The Labute approximate surface area is 106 Å². The van der Waals surface area contributed by atoms with E-state index in [4.69, 9.17) is 4.74 Å². The van der Waals surface area contributed by atoms with Crippen molar-refractivity contribution in [3.05, 3.63) is 0 Å². The lowest BCUT2D eigenvalue weighted by atomic mass is 9.83. The van der Waals surface area contributed by atoms with Crippen molar-refractivity contribution in [3.63, 3.8) is 0 Å². The van der Waals surface area contributed by atoms with Gasteiger partial charge in [-0.1, -0.05) is 32.6 Å². The predicted molar refractivity (Wildman–Crippen MR) is 70.1 cm³/mol. The van der Waals surface area contributed by atoms with Gasteiger partial charge in [0.1, 0.15) is 0 Å². The summed E-state index contributed by atoms with van der Waals surface area (Å²) in [6.45, 7) is 2.13. The molecule has 1 saturated carbocycles. The zero-order valence-corrected chi connectivity index (χ0v) is 11.3. The van der Waals surface area contributed by atoms with E-state index in [0.29, 0.717) is 6.10 Å². The highest BCUT2D eigenvalue weighted by Gasteiger charge is 2.40. The Bertz CT molecular complexity index is 221. The van der Waals surface area contributed by atoms with E-state index in [1.54, 1.807) is 0 Å². The van der Waals surface area contributed by atoms with Crippen LogP contribution in [-0.4, -0.2) is 22.9 Å². The second-order valence-corrected chi connectivity index (χ2v) is 6.04. The van der Waals surface area contributed by atoms with Crippen molar-refractivity contribution in [2.75, 3.05) is 0 Å². The molecular weight excluding hydrogens is 212 g/mol. The molecule has 0 aromatic carbocycles. The fourth-order valence-corrected chi connectivity index (χ4v) is 3.52. The van der Waals surface area contributed by atoms with E-state index < -0.39 is 0 Å². The lowest BCUT2D eigenvalue weighted by Crippen LogP contribution is -2.31. The molecule has 17 heavy (non-hydrogen) atoms. The van der Waals surface area contributed by atoms with Crippen LogP contribution in [-0.2, 0) is 4.74 Å². The van der Waals surface area contributed by atoms with Crippen molar-refractivity contribution in [2.45, 2.75) is 95.4 Å². The summed E-state index contributed by atoms with van der Waals surface area (Å²) < 4.78 is 6.31. The highest BCUT2D eigenvalue weighted by Crippen LogP contribution is 2.42. The Morgan fingerprint density at radius 2 is 1.94 bits per heavy atom. The van der Waals surface area contributed by atoms with Crippen molar-refractivity contribution in [1.82, 2.24) is 0 Å². The predicted octanol–water partition coefficient (Wildman–Crippen LogP) is 3.81. The van der Waals surface area contributed by atoms with E-state index in [2.05, 4.69) is 6.92 Å². The third-order valence-corrected chi connectivity index (χ3v) is 4.55. The molecule has 0 radical (unpaired) electrons. The van der Waals surface area contributed by atoms with Crippen LogP contribution in [0.5, 0.6) is 0 Å². The fraction of sp³-hybridized carbons (Fsp3) is 1.00. The summed E-state index contributed by atoms with van der Waals surface area (Å²) in [4.78, 5) is 0. The van der Waals surface area contributed by atoms with Gasteiger partial charge >= 0.3 is 0 Å². The molecule has 1 aliphatic heterocycles. The average molecular weight is 240 g/mol. The number of rotatable bonds is 5. The number of aliphatic hydroxyl groups is 1. The van der Waals surface area contributed by atoms with Gasteiger partial charge in [-0.3, -0.25) is 0 Å². The second kappa shape index (κ2) is 6.19. The van der Waals surface area contributed by atoms with Gasteiger partial charge < -0.3 is 9.84 Å². The van der Waals surface area contributed by atoms with E-state index in [9.17, 15) is 5.11 Å². The van der Waals surface area contributed by atoms with Crippen molar-refractivity contribution >= 4 is 0 Å². The maximum atomic E-state index is 9.76. The molecule has 2 nitrogen and oxygen atoms in total. The van der Waals surface area contributed by atoms with Gasteiger partial charge in [-0.2, -0.15) is 0 Å². The molecule has 0 aromatic heterocycles. The molecule has 1 heterocycles. The van der Waals surface area contributed by atoms with Crippen molar-refractivity contribution < 1.29 is 9.84 Å². The third-order valence-electron chi connectivity index (χ3n) is 4.55.